The molecule has 0 aromatic carbocycles. The zero-order valence-corrected chi connectivity index (χ0v) is 16.4. The van der Waals surface area contributed by atoms with Crippen molar-refractivity contribution in [3.8, 4) is 0 Å². The monoisotopic (exact) mass is 377 g/mol. The third-order valence-electron chi connectivity index (χ3n) is 4.80. The highest BCUT2D eigenvalue weighted by molar-refractivity contribution is 7.10. The number of piperidine rings is 1. The summed E-state index contributed by atoms with van der Waals surface area (Å²) in [5.74, 6) is 0.846. The van der Waals surface area contributed by atoms with Gasteiger partial charge in [-0.15, -0.1) is 11.3 Å². The Labute approximate surface area is 158 Å². The van der Waals surface area contributed by atoms with Crippen molar-refractivity contribution in [3.05, 3.63) is 33.7 Å². The minimum Gasteiger partial charge on any atom is -0.463 e. The van der Waals surface area contributed by atoms with Crippen molar-refractivity contribution < 1.29 is 14.3 Å². The molecule has 2 aliphatic heterocycles. The number of carbonyl (C=O) groups is 2. The van der Waals surface area contributed by atoms with Gasteiger partial charge < -0.3 is 15.4 Å². The Balaban J connectivity index is 1.93. The molecule has 0 unspecified atom stereocenters. The average Bonchev–Trinajstić information content (AvgIpc) is 3.07. The van der Waals surface area contributed by atoms with E-state index in [4.69, 9.17) is 4.74 Å². The van der Waals surface area contributed by atoms with E-state index in [9.17, 15) is 9.59 Å². The second-order valence-corrected chi connectivity index (χ2v) is 8.28. The van der Waals surface area contributed by atoms with E-state index < -0.39 is 6.04 Å². The van der Waals surface area contributed by atoms with E-state index in [2.05, 4.69) is 29.4 Å². The molecule has 1 fully saturated rings. The van der Waals surface area contributed by atoms with E-state index >= 15 is 0 Å². The maximum absolute atomic E-state index is 12.7. The van der Waals surface area contributed by atoms with Gasteiger partial charge in [-0.05, 0) is 36.6 Å². The molecule has 2 aliphatic rings. The average molecular weight is 378 g/mol. The number of hydrogen-bond acceptors (Lipinski definition) is 5. The molecule has 1 saturated heterocycles. The van der Waals surface area contributed by atoms with Crippen molar-refractivity contribution in [1.29, 1.82) is 0 Å². The fraction of sp³-hybridized carbons (Fsp3) is 0.579. The first kappa shape index (κ1) is 18.9. The number of ether oxygens (including phenoxy) is 1. The van der Waals surface area contributed by atoms with Crippen LogP contribution in [0.4, 0.5) is 4.79 Å². The Hall–Kier alpha value is -1.86. The summed E-state index contributed by atoms with van der Waals surface area (Å²) in [5, 5.41) is 7.69. The van der Waals surface area contributed by atoms with Crippen molar-refractivity contribution in [3.63, 3.8) is 0 Å². The molecular formula is C19H27N3O3S. The molecule has 0 saturated carbocycles. The van der Waals surface area contributed by atoms with Crippen LogP contribution < -0.4 is 10.6 Å². The largest absolute Gasteiger partial charge is 0.463 e. The Bertz CT molecular complexity index is 676. The molecule has 0 spiro atoms. The van der Waals surface area contributed by atoms with Crippen molar-refractivity contribution in [1.82, 2.24) is 15.5 Å². The predicted molar refractivity (Wildman–Crippen MR) is 102 cm³/mol. The zero-order valence-electron chi connectivity index (χ0n) is 15.6. The summed E-state index contributed by atoms with van der Waals surface area (Å²) in [6.07, 6.45) is 1.21. The van der Waals surface area contributed by atoms with E-state index in [-0.39, 0.29) is 12.0 Å². The maximum atomic E-state index is 12.7. The van der Waals surface area contributed by atoms with Crippen LogP contribution in [0.1, 0.15) is 38.1 Å². The number of carbonyl (C=O) groups excluding carboxylic acids is 2. The molecule has 0 bridgehead atoms. The van der Waals surface area contributed by atoms with Crippen molar-refractivity contribution in [2.45, 2.75) is 33.2 Å². The lowest BCUT2D eigenvalue weighted by Crippen LogP contribution is -2.49. The fourth-order valence-electron chi connectivity index (χ4n) is 4.01. The fourth-order valence-corrected chi connectivity index (χ4v) is 4.79. The zero-order chi connectivity index (χ0) is 18.7. The summed E-state index contributed by atoms with van der Waals surface area (Å²) < 4.78 is 5.30. The van der Waals surface area contributed by atoms with E-state index in [1.54, 1.807) is 6.92 Å². The van der Waals surface area contributed by atoms with Gasteiger partial charge in [0.05, 0.1) is 18.2 Å². The molecule has 142 valence electrons. The number of nitrogens with one attached hydrogen (secondary N) is 2. The molecule has 7 heteroatoms. The van der Waals surface area contributed by atoms with Gasteiger partial charge in [0.2, 0.25) is 0 Å². The number of hydrogen-bond donors (Lipinski definition) is 2. The molecule has 3 heterocycles. The van der Waals surface area contributed by atoms with Gasteiger partial charge in [0.15, 0.2) is 0 Å². The lowest BCUT2D eigenvalue weighted by molar-refractivity contribution is -0.139. The highest BCUT2D eigenvalue weighted by Gasteiger charge is 2.35. The normalized spacial score (nSPS) is 27.0. The van der Waals surface area contributed by atoms with E-state index in [1.807, 2.05) is 17.5 Å². The minimum atomic E-state index is -0.461. The van der Waals surface area contributed by atoms with Gasteiger partial charge in [0.25, 0.3) is 0 Å². The van der Waals surface area contributed by atoms with Crippen LogP contribution >= 0.6 is 11.3 Å². The third kappa shape index (κ3) is 4.27. The summed E-state index contributed by atoms with van der Waals surface area (Å²) in [4.78, 5) is 28.2. The van der Waals surface area contributed by atoms with Gasteiger partial charge in [-0.3, -0.25) is 4.90 Å². The maximum Gasteiger partial charge on any atom is 0.338 e. The van der Waals surface area contributed by atoms with Gasteiger partial charge in [-0.25, -0.2) is 9.59 Å². The standard InChI is InChI=1S/C19H27N3O3S/c1-4-25-18(23)16-14(11-22-9-12(2)8-13(3)10-22)20-19(24)21-17(16)15-6-5-7-26-15/h5-7,12-13,17H,4,8-11H2,1-3H3,(H2,20,21,24)/t12-,13+,17-/m1/s1. The molecule has 0 radical (unpaired) electrons. The minimum absolute atomic E-state index is 0.274. The van der Waals surface area contributed by atoms with Crippen LogP contribution in [0.3, 0.4) is 0 Å². The topological polar surface area (TPSA) is 70.7 Å². The molecule has 26 heavy (non-hydrogen) atoms. The van der Waals surface area contributed by atoms with Gasteiger partial charge in [-0.2, -0.15) is 0 Å². The number of rotatable bonds is 5. The van der Waals surface area contributed by atoms with Crippen molar-refractivity contribution in [2.24, 2.45) is 11.8 Å². The number of urea groups is 1. The summed E-state index contributed by atoms with van der Waals surface area (Å²) in [7, 11) is 0. The SMILES string of the molecule is CCOC(=O)C1=C(CN2C[C@H](C)C[C@H](C)C2)NC(=O)N[C@@H]1c1cccs1. The molecule has 2 N–H and O–H groups in total. The Morgan fingerprint density at radius 2 is 2.08 bits per heavy atom. The van der Waals surface area contributed by atoms with Crippen LogP contribution in [0, 0.1) is 11.8 Å². The van der Waals surface area contributed by atoms with E-state index in [0.717, 1.165) is 18.0 Å². The van der Waals surface area contributed by atoms with Gasteiger partial charge in [0, 0.05) is 30.2 Å². The third-order valence-corrected chi connectivity index (χ3v) is 5.74. The van der Waals surface area contributed by atoms with Crippen LogP contribution in [0.5, 0.6) is 0 Å². The summed E-state index contributed by atoms with van der Waals surface area (Å²) >= 11 is 1.52. The van der Waals surface area contributed by atoms with Gasteiger partial charge in [0.1, 0.15) is 0 Å². The summed E-state index contributed by atoms with van der Waals surface area (Å²) in [6, 6.07) is 3.12. The van der Waals surface area contributed by atoms with Gasteiger partial charge >= 0.3 is 12.0 Å². The molecule has 0 aliphatic carbocycles. The first-order valence-electron chi connectivity index (χ1n) is 9.21. The number of esters is 1. The number of amides is 2. The first-order valence-corrected chi connectivity index (χ1v) is 10.1. The Morgan fingerprint density at radius 3 is 2.69 bits per heavy atom. The number of thiophene rings is 1. The number of nitrogens with zero attached hydrogens (tertiary/aromatic N) is 1. The molecule has 1 aromatic heterocycles. The molecule has 1 aromatic rings. The van der Waals surface area contributed by atoms with Crippen LogP contribution in [0.25, 0.3) is 0 Å². The van der Waals surface area contributed by atoms with Crippen LogP contribution in [0.15, 0.2) is 28.8 Å². The van der Waals surface area contributed by atoms with Crippen LogP contribution in [-0.2, 0) is 9.53 Å². The van der Waals surface area contributed by atoms with E-state index in [0.29, 0.717) is 36.3 Å². The Kier molecular flexibility index (Phi) is 5.98. The van der Waals surface area contributed by atoms with Crippen molar-refractivity contribution in [2.75, 3.05) is 26.2 Å². The highest BCUT2D eigenvalue weighted by atomic mass is 32.1. The molecule has 6 nitrogen and oxygen atoms in total. The van der Waals surface area contributed by atoms with Gasteiger partial charge in [-0.1, -0.05) is 19.9 Å². The second-order valence-electron chi connectivity index (χ2n) is 7.30. The van der Waals surface area contributed by atoms with Crippen LogP contribution in [-0.4, -0.2) is 43.1 Å². The van der Waals surface area contributed by atoms with E-state index in [1.165, 1.54) is 17.8 Å². The molecular weight excluding hydrogens is 350 g/mol. The molecule has 3 atom stereocenters. The predicted octanol–water partition coefficient (Wildman–Crippen LogP) is 2.90. The van der Waals surface area contributed by atoms with Crippen LogP contribution in [0.2, 0.25) is 0 Å². The molecule has 3 rings (SSSR count). The highest BCUT2D eigenvalue weighted by Crippen LogP contribution is 2.31. The lowest BCUT2D eigenvalue weighted by atomic mass is 9.91. The summed E-state index contributed by atoms with van der Waals surface area (Å²) in [6.45, 7) is 9.09. The quantitative estimate of drug-likeness (QED) is 0.774. The first-order chi connectivity index (χ1) is 12.5. The summed E-state index contributed by atoms with van der Waals surface area (Å²) in [5.41, 5.74) is 1.17. The van der Waals surface area contributed by atoms with Crippen molar-refractivity contribution >= 4 is 23.3 Å². The molecule has 2 amide bonds. The number of likely N-dealkylation sites (tertiary alicyclic amines) is 1. The lowest BCUT2D eigenvalue weighted by Gasteiger charge is -2.37. The smallest absolute Gasteiger partial charge is 0.338 e. The second kappa shape index (κ2) is 8.22. The Morgan fingerprint density at radius 1 is 1.35 bits per heavy atom.